The minimum absolute atomic E-state index is 0.0302. The van der Waals surface area contributed by atoms with Gasteiger partial charge in [-0.25, -0.2) is 9.97 Å². The molecule has 0 atom stereocenters. The molecule has 0 spiro atoms. The number of aromatic nitrogens is 2. The second-order valence-corrected chi connectivity index (χ2v) is 3.52. The number of nitrogens with zero attached hydrogens (tertiary/aromatic N) is 3. The van der Waals surface area contributed by atoms with Crippen LogP contribution < -0.4 is 5.32 Å². The summed E-state index contributed by atoms with van der Waals surface area (Å²) in [5.41, 5.74) is 0.681. The van der Waals surface area contributed by atoms with E-state index < -0.39 is 4.92 Å². The third-order valence-electron chi connectivity index (χ3n) is 1.96. The van der Waals surface area contributed by atoms with Crippen molar-refractivity contribution in [3.63, 3.8) is 0 Å². The molecule has 0 unspecified atom stereocenters. The van der Waals surface area contributed by atoms with Crippen molar-refractivity contribution in [1.82, 2.24) is 9.97 Å². The van der Waals surface area contributed by atoms with Gasteiger partial charge in [0.2, 0.25) is 5.95 Å². The number of hydrogen-bond acceptors (Lipinski definition) is 5. The first-order valence-corrected chi connectivity index (χ1v) is 5.03. The number of nitro benzene ring substituents is 1. The van der Waals surface area contributed by atoms with Crippen LogP contribution in [0.4, 0.5) is 17.3 Å². The maximum atomic E-state index is 10.5. The predicted octanol–water partition coefficient (Wildman–Crippen LogP) is 2.78. The minimum Gasteiger partial charge on any atom is -0.324 e. The van der Waals surface area contributed by atoms with Crippen LogP contribution in [0.5, 0.6) is 0 Å². The zero-order chi connectivity index (χ0) is 12.3. The third-order valence-corrected chi connectivity index (χ3v) is 2.17. The van der Waals surface area contributed by atoms with Gasteiger partial charge in [-0.05, 0) is 18.2 Å². The van der Waals surface area contributed by atoms with Crippen LogP contribution in [-0.4, -0.2) is 14.9 Å². The van der Waals surface area contributed by atoms with Crippen LogP contribution >= 0.6 is 11.6 Å². The van der Waals surface area contributed by atoms with Crippen molar-refractivity contribution in [2.75, 3.05) is 5.32 Å². The fraction of sp³-hybridized carbons (Fsp3) is 0. The van der Waals surface area contributed by atoms with E-state index in [0.29, 0.717) is 16.8 Å². The van der Waals surface area contributed by atoms with Crippen LogP contribution in [0.25, 0.3) is 0 Å². The second kappa shape index (κ2) is 4.75. The van der Waals surface area contributed by atoms with Gasteiger partial charge < -0.3 is 5.32 Å². The van der Waals surface area contributed by atoms with Gasteiger partial charge in [0, 0.05) is 24.0 Å². The van der Waals surface area contributed by atoms with Crippen LogP contribution in [-0.2, 0) is 0 Å². The molecular formula is C10H7ClN4O2. The van der Waals surface area contributed by atoms with Crippen molar-refractivity contribution < 1.29 is 4.92 Å². The maximum absolute atomic E-state index is 10.5. The van der Waals surface area contributed by atoms with E-state index in [9.17, 15) is 10.1 Å². The van der Waals surface area contributed by atoms with Crippen molar-refractivity contribution in [1.29, 1.82) is 0 Å². The van der Waals surface area contributed by atoms with Crippen LogP contribution in [0.2, 0.25) is 5.15 Å². The van der Waals surface area contributed by atoms with E-state index in [1.165, 1.54) is 18.3 Å². The van der Waals surface area contributed by atoms with Gasteiger partial charge >= 0.3 is 0 Å². The zero-order valence-electron chi connectivity index (χ0n) is 8.50. The fourth-order valence-electron chi connectivity index (χ4n) is 1.19. The molecule has 17 heavy (non-hydrogen) atoms. The van der Waals surface area contributed by atoms with E-state index in [-0.39, 0.29) is 5.69 Å². The Labute approximate surface area is 101 Å². The highest BCUT2D eigenvalue weighted by Crippen LogP contribution is 2.18. The molecule has 0 aliphatic rings. The summed E-state index contributed by atoms with van der Waals surface area (Å²) >= 11 is 5.70. The highest BCUT2D eigenvalue weighted by atomic mass is 35.5. The monoisotopic (exact) mass is 250 g/mol. The molecule has 1 heterocycles. The van der Waals surface area contributed by atoms with Gasteiger partial charge in [0.1, 0.15) is 5.15 Å². The Bertz CT molecular complexity index is 544. The molecule has 0 bridgehead atoms. The topological polar surface area (TPSA) is 81.0 Å². The van der Waals surface area contributed by atoms with Crippen LogP contribution in [0.3, 0.4) is 0 Å². The molecule has 0 aliphatic heterocycles. The number of nitro groups is 1. The molecular weight excluding hydrogens is 244 g/mol. The molecule has 0 fully saturated rings. The molecule has 1 N–H and O–H groups in total. The predicted molar refractivity (Wildman–Crippen MR) is 63.4 cm³/mol. The number of anilines is 2. The number of halogens is 1. The Hall–Kier alpha value is -2.21. The summed E-state index contributed by atoms with van der Waals surface area (Å²) in [6, 6.07) is 7.49. The van der Waals surface area contributed by atoms with E-state index in [1.807, 2.05) is 0 Å². The number of nitrogens with one attached hydrogen (secondary N) is 1. The lowest BCUT2D eigenvalue weighted by atomic mass is 10.3. The Balaban J connectivity index is 2.16. The lowest BCUT2D eigenvalue weighted by molar-refractivity contribution is -0.384. The summed E-state index contributed by atoms with van der Waals surface area (Å²) in [5, 5.41) is 13.7. The van der Waals surface area contributed by atoms with Gasteiger partial charge in [-0.1, -0.05) is 11.6 Å². The Kier molecular flexibility index (Phi) is 3.15. The van der Waals surface area contributed by atoms with E-state index in [1.54, 1.807) is 18.2 Å². The SMILES string of the molecule is O=[N+]([O-])c1ccc(Nc2nccc(Cl)n2)cc1. The average molecular weight is 251 g/mol. The third kappa shape index (κ3) is 2.88. The largest absolute Gasteiger partial charge is 0.324 e. The molecule has 1 aromatic heterocycles. The standard InChI is InChI=1S/C10H7ClN4O2/c11-9-5-6-12-10(14-9)13-7-1-3-8(4-2-7)15(16)17/h1-6H,(H,12,13,14). The molecule has 2 rings (SSSR count). The number of non-ortho nitro benzene ring substituents is 1. The first-order chi connectivity index (χ1) is 8.15. The van der Waals surface area contributed by atoms with Crippen LogP contribution in [0.15, 0.2) is 36.5 Å². The number of benzene rings is 1. The Morgan fingerprint density at radius 3 is 2.53 bits per heavy atom. The average Bonchev–Trinajstić information content (AvgIpc) is 2.29. The Morgan fingerprint density at radius 1 is 1.24 bits per heavy atom. The first kappa shape index (κ1) is 11.3. The van der Waals surface area contributed by atoms with E-state index in [2.05, 4.69) is 15.3 Å². The summed E-state index contributed by atoms with van der Waals surface area (Å²) in [7, 11) is 0. The summed E-state index contributed by atoms with van der Waals surface area (Å²) < 4.78 is 0. The molecule has 0 aliphatic carbocycles. The molecule has 86 valence electrons. The van der Waals surface area contributed by atoms with Gasteiger partial charge in [0.25, 0.3) is 5.69 Å². The lowest BCUT2D eigenvalue weighted by Crippen LogP contribution is -1.96. The first-order valence-electron chi connectivity index (χ1n) is 4.65. The Morgan fingerprint density at radius 2 is 1.94 bits per heavy atom. The summed E-state index contributed by atoms with van der Waals surface area (Å²) in [4.78, 5) is 17.9. The molecule has 0 amide bonds. The van der Waals surface area contributed by atoms with Gasteiger partial charge in [0.15, 0.2) is 0 Å². The molecule has 2 aromatic rings. The normalized spacial score (nSPS) is 9.94. The van der Waals surface area contributed by atoms with Gasteiger partial charge in [-0.2, -0.15) is 0 Å². The van der Waals surface area contributed by atoms with E-state index >= 15 is 0 Å². The smallest absolute Gasteiger partial charge is 0.269 e. The van der Waals surface area contributed by atoms with Crippen molar-refractivity contribution in [2.24, 2.45) is 0 Å². The molecule has 0 saturated heterocycles. The lowest BCUT2D eigenvalue weighted by Gasteiger charge is -2.03. The van der Waals surface area contributed by atoms with Crippen LogP contribution in [0.1, 0.15) is 0 Å². The molecule has 0 saturated carbocycles. The summed E-state index contributed by atoms with van der Waals surface area (Å²) in [6.07, 6.45) is 1.52. The van der Waals surface area contributed by atoms with Crippen molar-refractivity contribution in [3.05, 3.63) is 51.8 Å². The van der Waals surface area contributed by atoms with Gasteiger partial charge in [-0.3, -0.25) is 10.1 Å². The summed E-state index contributed by atoms with van der Waals surface area (Å²) in [5.74, 6) is 0.339. The van der Waals surface area contributed by atoms with Crippen molar-refractivity contribution >= 4 is 28.9 Å². The second-order valence-electron chi connectivity index (χ2n) is 3.13. The highest BCUT2D eigenvalue weighted by Gasteiger charge is 2.04. The van der Waals surface area contributed by atoms with E-state index in [4.69, 9.17) is 11.6 Å². The molecule has 7 heteroatoms. The molecule has 0 radical (unpaired) electrons. The van der Waals surface area contributed by atoms with Crippen LogP contribution in [0, 0.1) is 10.1 Å². The van der Waals surface area contributed by atoms with Gasteiger partial charge in [-0.15, -0.1) is 0 Å². The molecule has 1 aromatic carbocycles. The van der Waals surface area contributed by atoms with Crippen molar-refractivity contribution in [2.45, 2.75) is 0 Å². The quantitative estimate of drug-likeness (QED) is 0.515. The van der Waals surface area contributed by atoms with Gasteiger partial charge in [0.05, 0.1) is 4.92 Å². The number of rotatable bonds is 3. The zero-order valence-corrected chi connectivity index (χ0v) is 9.26. The maximum Gasteiger partial charge on any atom is 0.269 e. The van der Waals surface area contributed by atoms with Crippen molar-refractivity contribution in [3.8, 4) is 0 Å². The minimum atomic E-state index is -0.459. The molecule has 6 nitrogen and oxygen atoms in total. The highest BCUT2D eigenvalue weighted by molar-refractivity contribution is 6.29. The fourth-order valence-corrected chi connectivity index (χ4v) is 1.33. The van der Waals surface area contributed by atoms with E-state index in [0.717, 1.165) is 0 Å². The number of hydrogen-bond donors (Lipinski definition) is 1. The summed E-state index contributed by atoms with van der Waals surface area (Å²) in [6.45, 7) is 0.